The third-order valence-electron chi connectivity index (χ3n) is 3.92. The van der Waals surface area contributed by atoms with Crippen LogP contribution < -0.4 is 10.9 Å². The minimum Gasteiger partial charge on any atom is -0.505 e. The van der Waals surface area contributed by atoms with Crippen molar-refractivity contribution in [3.05, 3.63) is 62.5 Å². The molecule has 2 heterocycles. The molecule has 0 bridgehead atoms. The van der Waals surface area contributed by atoms with Gasteiger partial charge in [0.1, 0.15) is 4.88 Å². The van der Waals surface area contributed by atoms with E-state index < -0.39 is 23.2 Å². The lowest BCUT2D eigenvalue weighted by Crippen LogP contribution is -2.25. The van der Waals surface area contributed by atoms with Crippen molar-refractivity contribution in [2.24, 2.45) is 0 Å². The van der Waals surface area contributed by atoms with Gasteiger partial charge in [0, 0.05) is 6.07 Å². The smallest absolute Gasteiger partial charge is 0.350 e. The molecule has 0 saturated carbocycles. The number of rotatable bonds is 5. The van der Waals surface area contributed by atoms with Crippen molar-refractivity contribution >= 4 is 28.3 Å². The van der Waals surface area contributed by atoms with E-state index in [1.807, 2.05) is 13.0 Å². The molecule has 30 heavy (non-hydrogen) atoms. The number of carbonyl (C=O) groups excluding carboxylic acids is 2. The zero-order chi connectivity index (χ0) is 22.0. The van der Waals surface area contributed by atoms with Gasteiger partial charge < -0.3 is 9.84 Å². The summed E-state index contributed by atoms with van der Waals surface area (Å²) in [7, 11) is 0. The van der Waals surface area contributed by atoms with Crippen LogP contribution in [0.15, 0.2) is 35.1 Å². The maximum absolute atomic E-state index is 12.7. The van der Waals surface area contributed by atoms with Crippen LogP contribution in [0.3, 0.4) is 0 Å². The number of ether oxygens (including phenoxy) is 1. The Kier molecular flexibility index (Phi) is 5.97. The van der Waals surface area contributed by atoms with Gasteiger partial charge in [-0.3, -0.25) is 14.9 Å². The molecule has 0 aliphatic rings. The number of amides is 1. The first-order valence-electron chi connectivity index (χ1n) is 9.06. The number of thiazole rings is 1. The third-order valence-corrected chi connectivity index (χ3v) is 4.97. The van der Waals surface area contributed by atoms with Crippen LogP contribution in [0.4, 0.5) is 5.13 Å². The van der Waals surface area contributed by atoms with E-state index in [4.69, 9.17) is 4.74 Å². The van der Waals surface area contributed by atoms with Crippen molar-refractivity contribution in [2.45, 2.75) is 33.8 Å². The average molecular weight is 428 g/mol. The molecule has 0 spiro atoms. The molecule has 2 N–H and O–H groups in total. The number of hydrogen-bond donors (Lipinski definition) is 2. The highest BCUT2D eigenvalue weighted by Crippen LogP contribution is 2.25. The third kappa shape index (κ3) is 4.54. The van der Waals surface area contributed by atoms with Gasteiger partial charge >= 0.3 is 5.97 Å². The van der Waals surface area contributed by atoms with E-state index in [1.54, 1.807) is 39.0 Å². The van der Waals surface area contributed by atoms with Crippen LogP contribution in [-0.4, -0.2) is 37.9 Å². The highest BCUT2D eigenvalue weighted by molar-refractivity contribution is 7.17. The van der Waals surface area contributed by atoms with E-state index in [0.29, 0.717) is 11.4 Å². The van der Waals surface area contributed by atoms with Crippen LogP contribution in [0, 0.1) is 13.8 Å². The summed E-state index contributed by atoms with van der Waals surface area (Å²) >= 11 is 0.949. The van der Waals surface area contributed by atoms with Crippen molar-refractivity contribution < 1.29 is 19.4 Å². The summed E-state index contributed by atoms with van der Waals surface area (Å²) in [6.07, 6.45) is -0.291. The number of carbonyl (C=O) groups is 2. The molecule has 2 aromatic heterocycles. The summed E-state index contributed by atoms with van der Waals surface area (Å²) in [6, 6.07) is 7.92. The van der Waals surface area contributed by atoms with E-state index in [2.05, 4.69) is 15.4 Å². The van der Waals surface area contributed by atoms with Gasteiger partial charge in [-0.05, 0) is 45.4 Å². The SMILES string of the molecule is Cc1cccc(-n2nc(C(=O)Nc3nc(C)c(C(=O)OC(C)C)s3)c(O)cc2=O)c1. The lowest BCUT2D eigenvalue weighted by atomic mass is 10.2. The van der Waals surface area contributed by atoms with Crippen LogP contribution >= 0.6 is 11.3 Å². The lowest BCUT2D eigenvalue weighted by molar-refractivity contribution is 0.0382. The van der Waals surface area contributed by atoms with E-state index in [0.717, 1.165) is 27.6 Å². The molecule has 1 aromatic carbocycles. The van der Waals surface area contributed by atoms with Crippen molar-refractivity contribution in [3.8, 4) is 11.4 Å². The molecule has 0 radical (unpaired) electrons. The van der Waals surface area contributed by atoms with Crippen LogP contribution in [0.1, 0.15) is 45.3 Å². The molecule has 1 amide bonds. The Morgan fingerprint density at radius 3 is 2.63 bits per heavy atom. The molecular formula is C20H20N4O5S. The second-order valence-corrected chi connectivity index (χ2v) is 7.81. The molecule has 9 nitrogen and oxygen atoms in total. The monoisotopic (exact) mass is 428 g/mol. The molecule has 0 atom stereocenters. The summed E-state index contributed by atoms with van der Waals surface area (Å²) in [5, 5.41) is 16.7. The molecule has 156 valence electrons. The number of aromatic nitrogens is 3. The van der Waals surface area contributed by atoms with Gasteiger partial charge in [0.25, 0.3) is 11.5 Å². The number of anilines is 1. The predicted molar refractivity (Wildman–Crippen MR) is 112 cm³/mol. The Morgan fingerprint density at radius 2 is 1.97 bits per heavy atom. The molecule has 0 aliphatic carbocycles. The minimum absolute atomic E-state index is 0.141. The Balaban J connectivity index is 1.90. The van der Waals surface area contributed by atoms with Crippen LogP contribution in [0.25, 0.3) is 5.69 Å². The van der Waals surface area contributed by atoms with E-state index in [9.17, 15) is 19.5 Å². The highest BCUT2D eigenvalue weighted by Gasteiger charge is 2.22. The van der Waals surface area contributed by atoms with Gasteiger partial charge in [0.15, 0.2) is 16.6 Å². The van der Waals surface area contributed by atoms with E-state index >= 15 is 0 Å². The topological polar surface area (TPSA) is 123 Å². The molecule has 10 heteroatoms. The first kappa shape index (κ1) is 21.2. The molecule has 0 aliphatic heterocycles. The van der Waals surface area contributed by atoms with Gasteiger partial charge in [0.2, 0.25) is 0 Å². The molecular weight excluding hydrogens is 408 g/mol. The fraction of sp³-hybridized carbons (Fsp3) is 0.250. The number of benzene rings is 1. The Bertz CT molecular complexity index is 1180. The predicted octanol–water partition coefficient (Wildman–Crippen LogP) is 2.83. The van der Waals surface area contributed by atoms with Gasteiger partial charge in [-0.25, -0.2) is 9.78 Å². The molecule has 3 aromatic rings. The normalized spacial score (nSPS) is 10.8. The summed E-state index contributed by atoms with van der Waals surface area (Å²) in [6.45, 7) is 6.94. The Morgan fingerprint density at radius 1 is 1.23 bits per heavy atom. The summed E-state index contributed by atoms with van der Waals surface area (Å²) < 4.78 is 6.18. The number of aromatic hydroxyl groups is 1. The van der Waals surface area contributed by atoms with E-state index in [-0.39, 0.29) is 21.8 Å². The maximum Gasteiger partial charge on any atom is 0.350 e. The van der Waals surface area contributed by atoms with Gasteiger partial charge in [-0.2, -0.15) is 9.78 Å². The van der Waals surface area contributed by atoms with Gasteiger partial charge in [-0.1, -0.05) is 23.5 Å². The zero-order valence-corrected chi connectivity index (χ0v) is 17.6. The first-order chi connectivity index (χ1) is 14.2. The maximum atomic E-state index is 12.7. The quantitative estimate of drug-likeness (QED) is 0.599. The Hall–Kier alpha value is -3.53. The van der Waals surface area contributed by atoms with Gasteiger partial charge in [0.05, 0.1) is 17.5 Å². The Labute approximate surface area is 176 Å². The number of esters is 1. The largest absolute Gasteiger partial charge is 0.505 e. The molecule has 0 unspecified atom stereocenters. The molecule has 0 saturated heterocycles. The first-order valence-corrected chi connectivity index (χ1v) is 9.87. The minimum atomic E-state index is -0.772. The van der Waals surface area contributed by atoms with Crippen LogP contribution in [0.2, 0.25) is 0 Å². The van der Waals surface area contributed by atoms with Gasteiger partial charge in [-0.15, -0.1) is 0 Å². The molecule has 3 rings (SSSR count). The fourth-order valence-corrected chi connectivity index (χ4v) is 3.46. The summed E-state index contributed by atoms with van der Waals surface area (Å²) in [4.78, 5) is 41.4. The van der Waals surface area contributed by atoms with Crippen molar-refractivity contribution in [2.75, 3.05) is 5.32 Å². The van der Waals surface area contributed by atoms with Crippen LogP contribution in [0.5, 0.6) is 5.75 Å². The lowest BCUT2D eigenvalue weighted by Gasteiger charge is -2.09. The molecule has 0 fully saturated rings. The number of nitrogens with one attached hydrogen (secondary N) is 1. The second kappa shape index (κ2) is 8.46. The second-order valence-electron chi connectivity index (χ2n) is 6.81. The zero-order valence-electron chi connectivity index (χ0n) is 16.8. The summed E-state index contributed by atoms with van der Waals surface area (Å²) in [5.74, 6) is -1.87. The number of hydrogen-bond acceptors (Lipinski definition) is 8. The fourth-order valence-electron chi connectivity index (χ4n) is 2.62. The number of nitrogens with zero attached hydrogens (tertiary/aromatic N) is 3. The van der Waals surface area contributed by atoms with Crippen molar-refractivity contribution in [3.63, 3.8) is 0 Å². The number of aryl methyl sites for hydroxylation is 2. The standard InChI is InChI=1S/C20H20N4O5S/c1-10(2)29-19(28)17-12(4)21-20(30-17)22-18(27)16-14(25)9-15(26)24(23-16)13-7-5-6-11(3)8-13/h5-10,25H,1-4H3,(H,21,22,27). The average Bonchev–Trinajstić information content (AvgIpc) is 3.01. The van der Waals surface area contributed by atoms with Crippen molar-refractivity contribution in [1.29, 1.82) is 0 Å². The van der Waals surface area contributed by atoms with E-state index in [1.165, 1.54) is 0 Å². The summed E-state index contributed by atoms with van der Waals surface area (Å²) in [5.41, 5.74) is 0.828. The van der Waals surface area contributed by atoms with Crippen molar-refractivity contribution in [1.82, 2.24) is 14.8 Å². The van der Waals surface area contributed by atoms with Crippen LogP contribution in [-0.2, 0) is 4.74 Å². The highest BCUT2D eigenvalue weighted by atomic mass is 32.1.